The van der Waals surface area contributed by atoms with Crippen LogP contribution in [0.4, 0.5) is 0 Å². The summed E-state index contributed by atoms with van der Waals surface area (Å²) in [5.41, 5.74) is 2.45. The molecule has 0 saturated heterocycles. The van der Waals surface area contributed by atoms with Gasteiger partial charge in [-0.15, -0.1) is 12.3 Å². The van der Waals surface area contributed by atoms with Crippen molar-refractivity contribution in [3.8, 4) is 12.3 Å². The van der Waals surface area contributed by atoms with Gasteiger partial charge in [0.05, 0.1) is 5.92 Å². The number of hydrogen-bond donors (Lipinski definition) is 1. The van der Waals surface area contributed by atoms with Gasteiger partial charge in [0.1, 0.15) is 0 Å². The molecule has 0 bridgehead atoms. The molecule has 2 heteroatoms. The van der Waals surface area contributed by atoms with E-state index in [0.717, 1.165) is 12.0 Å². The predicted molar refractivity (Wildman–Crippen MR) is 59.3 cm³/mol. The second-order valence-corrected chi connectivity index (χ2v) is 3.70. The van der Waals surface area contributed by atoms with Crippen LogP contribution in [0.15, 0.2) is 24.3 Å². The van der Waals surface area contributed by atoms with E-state index in [1.165, 1.54) is 5.56 Å². The van der Waals surface area contributed by atoms with Crippen molar-refractivity contribution in [1.82, 2.24) is 5.32 Å². The van der Waals surface area contributed by atoms with Crippen molar-refractivity contribution >= 4 is 5.91 Å². The van der Waals surface area contributed by atoms with Gasteiger partial charge >= 0.3 is 0 Å². The van der Waals surface area contributed by atoms with Crippen LogP contribution in [0.5, 0.6) is 0 Å². The summed E-state index contributed by atoms with van der Waals surface area (Å²) in [6.45, 7) is 0.577. The van der Waals surface area contributed by atoms with Gasteiger partial charge in [0.2, 0.25) is 5.91 Å². The number of hydrogen-bond acceptors (Lipinski definition) is 1. The van der Waals surface area contributed by atoms with Gasteiger partial charge in [-0.1, -0.05) is 24.3 Å². The quantitative estimate of drug-likeness (QED) is 0.579. The maximum absolute atomic E-state index is 11.7. The molecule has 1 unspecified atom stereocenters. The van der Waals surface area contributed by atoms with E-state index >= 15 is 0 Å². The van der Waals surface area contributed by atoms with Crippen LogP contribution in [0.2, 0.25) is 0 Å². The molecule has 1 aromatic carbocycles. The second kappa shape index (κ2) is 4.18. The number of amides is 1. The van der Waals surface area contributed by atoms with Gasteiger partial charge in [0.15, 0.2) is 0 Å². The molecule has 0 heterocycles. The normalized spacial score (nSPS) is 17.1. The van der Waals surface area contributed by atoms with Crippen molar-refractivity contribution in [2.24, 2.45) is 0 Å². The average molecular weight is 199 g/mol. The third kappa shape index (κ3) is 1.87. The summed E-state index contributed by atoms with van der Waals surface area (Å²) in [4.78, 5) is 11.7. The van der Waals surface area contributed by atoms with Gasteiger partial charge in [0.25, 0.3) is 0 Å². The van der Waals surface area contributed by atoms with Crippen molar-refractivity contribution < 1.29 is 4.79 Å². The van der Waals surface area contributed by atoms with E-state index in [0.29, 0.717) is 13.0 Å². The van der Waals surface area contributed by atoms with Crippen molar-refractivity contribution in [2.45, 2.75) is 18.8 Å². The van der Waals surface area contributed by atoms with Crippen molar-refractivity contribution in [1.29, 1.82) is 0 Å². The third-order valence-corrected chi connectivity index (χ3v) is 2.74. The zero-order valence-corrected chi connectivity index (χ0v) is 8.49. The van der Waals surface area contributed by atoms with Crippen LogP contribution < -0.4 is 5.32 Å². The third-order valence-electron chi connectivity index (χ3n) is 2.74. The fraction of sp³-hybridized carbons (Fsp3) is 0.308. The Morgan fingerprint density at radius 2 is 2.33 bits per heavy atom. The monoisotopic (exact) mass is 199 g/mol. The van der Waals surface area contributed by atoms with E-state index in [9.17, 15) is 4.79 Å². The molecule has 1 aliphatic rings. The minimum Gasteiger partial charge on any atom is -0.355 e. The van der Waals surface area contributed by atoms with Crippen LogP contribution in [0.25, 0.3) is 0 Å². The molecule has 1 amide bonds. The molecule has 1 aromatic rings. The summed E-state index contributed by atoms with van der Waals surface area (Å²) in [5.74, 6) is 2.64. The van der Waals surface area contributed by atoms with Gasteiger partial charge in [0, 0.05) is 13.0 Å². The second-order valence-electron chi connectivity index (χ2n) is 3.70. The van der Waals surface area contributed by atoms with Crippen LogP contribution >= 0.6 is 0 Å². The summed E-state index contributed by atoms with van der Waals surface area (Å²) in [5, 5.41) is 2.84. The van der Waals surface area contributed by atoms with E-state index in [2.05, 4.69) is 17.3 Å². The highest BCUT2D eigenvalue weighted by Crippen LogP contribution is 2.34. The van der Waals surface area contributed by atoms with Crippen molar-refractivity contribution in [2.75, 3.05) is 6.54 Å². The van der Waals surface area contributed by atoms with E-state index in [-0.39, 0.29) is 11.8 Å². The van der Waals surface area contributed by atoms with Crippen LogP contribution in [0, 0.1) is 12.3 Å². The topological polar surface area (TPSA) is 29.1 Å². The SMILES string of the molecule is C#CCCNC(=O)C1Cc2ccccc21. The van der Waals surface area contributed by atoms with Gasteiger partial charge < -0.3 is 5.32 Å². The van der Waals surface area contributed by atoms with E-state index < -0.39 is 0 Å². The number of benzene rings is 1. The molecular formula is C13H13NO. The fourth-order valence-electron chi connectivity index (χ4n) is 1.87. The molecule has 1 aliphatic carbocycles. The molecule has 0 aromatic heterocycles. The first-order chi connectivity index (χ1) is 7.33. The van der Waals surface area contributed by atoms with Gasteiger partial charge in [-0.2, -0.15) is 0 Å². The summed E-state index contributed by atoms with van der Waals surface area (Å²) < 4.78 is 0. The lowest BCUT2D eigenvalue weighted by Crippen LogP contribution is -2.35. The number of carbonyl (C=O) groups is 1. The van der Waals surface area contributed by atoms with Crippen LogP contribution in [-0.4, -0.2) is 12.5 Å². The number of terminal acetylenes is 1. The lowest BCUT2D eigenvalue weighted by atomic mass is 9.77. The molecule has 2 nitrogen and oxygen atoms in total. The number of nitrogens with one attached hydrogen (secondary N) is 1. The van der Waals surface area contributed by atoms with Crippen molar-refractivity contribution in [3.63, 3.8) is 0 Å². The Bertz CT molecular complexity index is 417. The zero-order chi connectivity index (χ0) is 10.7. The minimum atomic E-state index is 0.0407. The first kappa shape index (κ1) is 9.79. The number of fused-ring (bicyclic) bond motifs is 1. The molecule has 1 atom stereocenters. The molecule has 0 spiro atoms. The highest BCUT2D eigenvalue weighted by atomic mass is 16.1. The van der Waals surface area contributed by atoms with E-state index in [1.54, 1.807) is 0 Å². The van der Waals surface area contributed by atoms with Gasteiger partial charge in [-0.25, -0.2) is 0 Å². The lowest BCUT2D eigenvalue weighted by Gasteiger charge is -2.28. The molecule has 2 rings (SSSR count). The Morgan fingerprint density at radius 3 is 3.07 bits per heavy atom. The van der Waals surface area contributed by atoms with Crippen LogP contribution in [0.1, 0.15) is 23.5 Å². The Morgan fingerprint density at radius 1 is 1.53 bits per heavy atom. The van der Waals surface area contributed by atoms with E-state index in [4.69, 9.17) is 6.42 Å². The summed E-state index contributed by atoms with van der Waals surface area (Å²) in [7, 11) is 0. The Balaban J connectivity index is 1.93. The minimum absolute atomic E-state index is 0.0407. The first-order valence-corrected chi connectivity index (χ1v) is 5.12. The molecule has 1 N–H and O–H groups in total. The summed E-state index contributed by atoms with van der Waals surface area (Å²) >= 11 is 0. The molecule has 15 heavy (non-hydrogen) atoms. The molecule has 0 fully saturated rings. The van der Waals surface area contributed by atoms with Crippen LogP contribution in [0.3, 0.4) is 0 Å². The first-order valence-electron chi connectivity index (χ1n) is 5.12. The van der Waals surface area contributed by atoms with Crippen molar-refractivity contribution in [3.05, 3.63) is 35.4 Å². The maximum Gasteiger partial charge on any atom is 0.227 e. The summed E-state index contributed by atoms with van der Waals surface area (Å²) in [6.07, 6.45) is 6.57. The summed E-state index contributed by atoms with van der Waals surface area (Å²) in [6, 6.07) is 8.07. The standard InChI is InChI=1S/C13H13NO/c1-2-3-8-14-13(15)12-9-10-6-4-5-7-11(10)12/h1,4-7,12H,3,8-9H2,(H,14,15). The van der Waals surface area contributed by atoms with Gasteiger partial charge in [-0.05, 0) is 17.5 Å². The fourth-order valence-corrected chi connectivity index (χ4v) is 1.87. The maximum atomic E-state index is 11.7. The molecule has 76 valence electrons. The largest absolute Gasteiger partial charge is 0.355 e. The molecule has 0 saturated carbocycles. The number of rotatable bonds is 3. The van der Waals surface area contributed by atoms with E-state index in [1.807, 2.05) is 18.2 Å². The lowest BCUT2D eigenvalue weighted by molar-refractivity contribution is -0.123. The Kier molecular flexibility index (Phi) is 2.73. The zero-order valence-electron chi connectivity index (χ0n) is 8.49. The van der Waals surface area contributed by atoms with Crippen LogP contribution in [-0.2, 0) is 11.2 Å². The predicted octanol–water partition coefficient (Wildman–Crippen LogP) is 1.47. The number of carbonyl (C=O) groups excluding carboxylic acids is 1. The highest BCUT2D eigenvalue weighted by Gasteiger charge is 2.31. The highest BCUT2D eigenvalue weighted by molar-refractivity contribution is 5.86. The molecular weight excluding hydrogens is 186 g/mol. The average Bonchev–Trinajstić information content (AvgIpc) is 2.20. The molecule has 0 aliphatic heterocycles. The molecule has 0 radical (unpaired) electrons. The Labute approximate surface area is 89.7 Å². The smallest absolute Gasteiger partial charge is 0.227 e. The van der Waals surface area contributed by atoms with Gasteiger partial charge in [-0.3, -0.25) is 4.79 Å². The Hall–Kier alpha value is -1.75.